The van der Waals surface area contributed by atoms with Gasteiger partial charge < -0.3 is 15.3 Å². The molecule has 7 nitrogen and oxygen atoms in total. The predicted octanol–water partition coefficient (Wildman–Crippen LogP) is -1.23. The number of hydrogen-bond donors (Lipinski definition) is 2. The number of rotatable bonds is 4. The molecule has 0 radical (unpaired) electrons. The van der Waals surface area contributed by atoms with Crippen molar-refractivity contribution in [3.63, 3.8) is 0 Å². The van der Waals surface area contributed by atoms with Crippen molar-refractivity contribution in [2.45, 2.75) is 18.9 Å². The van der Waals surface area contributed by atoms with Crippen LogP contribution in [0.5, 0.6) is 0 Å². The Bertz CT molecular complexity index is 378. The number of nitrogens with one attached hydrogen (secondary N) is 1. The van der Waals surface area contributed by atoms with E-state index in [1.54, 1.807) is 0 Å². The molecule has 0 aromatic heterocycles. The topological polar surface area (TPSA) is 90.0 Å². The molecule has 100 valence electrons. The molecular weight excluding hydrogens is 238 g/mol. The molecule has 1 heterocycles. The molecule has 1 aliphatic carbocycles. The molecule has 4 amide bonds. The highest BCUT2D eigenvalue weighted by atomic mass is 16.3. The lowest BCUT2D eigenvalue weighted by Crippen LogP contribution is -2.44. The average molecular weight is 255 g/mol. The van der Waals surface area contributed by atoms with E-state index in [0.717, 1.165) is 4.90 Å². The molecule has 7 heteroatoms. The van der Waals surface area contributed by atoms with Gasteiger partial charge in [0.2, 0.25) is 5.91 Å². The van der Waals surface area contributed by atoms with Gasteiger partial charge in [0.05, 0.1) is 6.10 Å². The van der Waals surface area contributed by atoms with Crippen LogP contribution in [0.25, 0.3) is 0 Å². The van der Waals surface area contributed by atoms with Crippen molar-refractivity contribution in [2.24, 2.45) is 5.92 Å². The van der Waals surface area contributed by atoms with Crippen molar-refractivity contribution in [1.82, 2.24) is 15.1 Å². The SMILES string of the molecule is CN1CC(=O)N(CC(=O)NCC2CC(O)C2)C1=O. The zero-order chi connectivity index (χ0) is 13.3. The number of imide groups is 1. The molecule has 18 heavy (non-hydrogen) atoms. The number of carbonyl (C=O) groups is 3. The van der Waals surface area contributed by atoms with Crippen LogP contribution in [0.2, 0.25) is 0 Å². The maximum Gasteiger partial charge on any atom is 0.327 e. The lowest BCUT2D eigenvalue weighted by atomic mass is 9.82. The standard InChI is InChI=1S/C11H17N3O4/c1-13-6-10(17)14(11(13)18)5-9(16)12-4-7-2-8(15)3-7/h7-8,15H,2-6H2,1H3,(H,12,16). The van der Waals surface area contributed by atoms with Gasteiger partial charge in [0, 0.05) is 13.6 Å². The summed E-state index contributed by atoms with van der Waals surface area (Å²) in [5.41, 5.74) is 0. The van der Waals surface area contributed by atoms with Crippen molar-refractivity contribution in [3.05, 3.63) is 0 Å². The molecule has 1 saturated carbocycles. The van der Waals surface area contributed by atoms with Crippen molar-refractivity contribution < 1.29 is 19.5 Å². The number of likely N-dealkylation sites (N-methyl/N-ethyl adjacent to an activating group) is 1. The fourth-order valence-electron chi connectivity index (χ4n) is 2.15. The molecule has 2 N–H and O–H groups in total. The van der Waals surface area contributed by atoms with Gasteiger partial charge >= 0.3 is 6.03 Å². The minimum Gasteiger partial charge on any atom is -0.393 e. The second-order valence-corrected chi connectivity index (χ2v) is 4.91. The quantitative estimate of drug-likeness (QED) is 0.615. The maximum atomic E-state index is 11.6. The molecule has 0 atom stereocenters. The van der Waals surface area contributed by atoms with E-state index >= 15 is 0 Å². The molecular formula is C11H17N3O4. The van der Waals surface area contributed by atoms with Gasteiger partial charge in [-0.3, -0.25) is 14.5 Å². The van der Waals surface area contributed by atoms with Crippen LogP contribution >= 0.6 is 0 Å². The molecule has 1 aliphatic heterocycles. The Hall–Kier alpha value is -1.63. The lowest BCUT2D eigenvalue weighted by Gasteiger charge is -2.31. The summed E-state index contributed by atoms with van der Waals surface area (Å²) in [4.78, 5) is 36.8. The number of amides is 4. The van der Waals surface area contributed by atoms with E-state index in [1.807, 2.05) is 0 Å². The van der Waals surface area contributed by atoms with Gasteiger partial charge in [0.15, 0.2) is 0 Å². The molecule has 2 aliphatic rings. The number of aliphatic hydroxyl groups is 1. The Morgan fingerprint density at radius 2 is 2.11 bits per heavy atom. The third-order valence-corrected chi connectivity index (χ3v) is 3.33. The molecule has 0 aromatic rings. The first kappa shape index (κ1) is 12.8. The Morgan fingerprint density at radius 3 is 2.61 bits per heavy atom. The van der Waals surface area contributed by atoms with Gasteiger partial charge in [-0.1, -0.05) is 0 Å². The van der Waals surface area contributed by atoms with Crippen LogP contribution in [0.4, 0.5) is 4.79 Å². The third kappa shape index (κ3) is 2.61. The summed E-state index contributed by atoms with van der Waals surface area (Å²) in [6, 6.07) is -0.436. The van der Waals surface area contributed by atoms with Gasteiger partial charge in [-0.15, -0.1) is 0 Å². The first-order valence-corrected chi connectivity index (χ1v) is 5.97. The number of nitrogens with zero attached hydrogens (tertiary/aromatic N) is 2. The van der Waals surface area contributed by atoms with Crippen LogP contribution in [0, 0.1) is 5.92 Å². The fraction of sp³-hybridized carbons (Fsp3) is 0.727. The Balaban J connectivity index is 1.74. The van der Waals surface area contributed by atoms with Crippen LogP contribution in [-0.2, 0) is 9.59 Å². The molecule has 1 saturated heterocycles. The highest BCUT2D eigenvalue weighted by Gasteiger charge is 2.35. The molecule has 0 aromatic carbocycles. The second kappa shape index (κ2) is 4.93. The summed E-state index contributed by atoms with van der Waals surface area (Å²) >= 11 is 0. The minimum atomic E-state index is -0.436. The molecule has 0 unspecified atom stereocenters. The van der Waals surface area contributed by atoms with Crippen molar-refractivity contribution in [1.29, 1.82) is 0 Å². The van der Waals surface area contributed by atoms with Crippen LogP contribution < -0.4 is 5.32 Å². The van der Waals surface area contributed by atoms with E-state index in [0.29, 0.717) is 25.3 Å². The predicted molar refractivity (Wildman–Crippen MR) is 61.5 cm³/mol. The third-order valence-electron chi connectivity index (χ3n) is 3.33. The van der Waals surface area contributed by atoms with Crippen LogP contribution in [0.15, 0.2) is 0 Å². The molecule has 2 rings (SSSR count). The number of urea groups is 1. The summed E-state index contributed by atoms with van der Waals surface area (Å²) in [5.74, 6) is -0.387. The summed E-state index contributed by atoms with van der Waals surface area (Å²) < 4.78 is 0. The first-order valence-electron chi connectivity index (χ1n) is 5.97. The Labute approximate surface area is 105 Å². The van der Waals surface area contributed by atoms with Gasteiger partial charge in [0.1, 0.15) is 13.1 Å². The van der Waals surface area contributed by atoms with E-state index in [2.05, 4.69) is 5.32 Å². The summed E-state index contributed by atoms with van der Waals surface area (Å²) in [6.45, 7) is 0.292. The highest BCUT2D eigenvalue weighted by Crippen LogP contribution is 2.25. The van der Waals surface area contributed by atoms with Crippen LogP contribution in [0.1, 0.15) is 12.8 Å². The van der Waals surface area contributed by atoms with Crippen molar-refractivity contribution >= 4 is 17.8 Å². The summed E-state index contributed by atoms with van der Waals surface area (Å²) in [6.07, 6.45) is 1.15. The van der Waals surface area contributed by atoms with E-state index in [1.165, 1.54) is 11.9 Å². The smallest absolute Gasteiger partial charge is 0.327 e. The van der Waals surface area contributed by atoms with E-state index in [9.17, 15) is 14.4 Å². The largest absolute Gasteiger partial charge is 0.393 e. The first-order chi connectivity index (χ1) is 8.47. The Kier molecular flexibility index (Phi) is 3.51. The van der Waals surface area contributed by atoms with Gasteiger partial charge in [-0.2, -0.15) is 0 Å². The monoisotopic (exact) mass is 255 g/mol. The highest BCUT2D eigenvalue weighted by molar-refractivity contribution is 6.04. The van der Waals surface area contributed by atoms with Gasteiger partial charge in [-0.05, 0) is 18.8 Å². The average Bonchev–Trinajstić information content (AvgIpc) is 2.50. The van der Waals surface area contributed by atoms with Gasteiger partial charge in [0.25, 0.3) is 5.91 Å². The molecule has 0 bridgehead atoms. The Morgan fingerprint density at radius 1 is 1.44 bits per heavy atom. The van der Waals surface area contributed by atoms with Crippen molar-refractivity contribution in [2.75, 3.05) is 26.7 Å². The second-order valence-electron chi connectivity index (χ2n) is 4.91. The number of carbonyl (C=O) groups excluding carboxylic acids is 3. The zero-order valence-electron chi connectivity index (χ0n) is 10.3. The van der Waals surface area contributed by atoms with E-state index in [4.69, 9.17) is 5.11 Å². The van der Waals surface area contributed by atoms with Gasteiger partial charge in [-0.25, -0.2) is 4.79 Å². The normalized spacial score (nSPS) is 27.4. The summed E-state index contributed by atoms with van der Waals surface area (Å²) in [5, 5.41) is 11.8. The number of hydrogen-bond acceptors (Lipinski definition) is 4. The van der Waals surface area contributed by atoms with Crippen molar-refractivity contribution in [3.8, 4) is 0 Å². The van der Waals surface area contributed by atoms with Crippen LogP contribution in [-0.4, -0.2) is 65.5 Å². The zero-order valence-corrected chi connectivity index (χ0v) is 10.3. The van der Waals surface area contributed by atoms with E-state index in [-0.39, 0.29) is 31.0 Å². The van der Waals surface area contributed by atoms with Crippen LogP contribution in [0.3, 0.4) is 0 Å². The minimum absolute atomic E-state index is 0.0287. The molecule has 0 spiro atoms. The lowest BCUT2D eigenvalue weighted by molar-refractivity contribution is -0.130. The number of aliphatic hydroxyl groups excluding tert-OH is 1. The fourth-order valence-corrected chi connectivity index (χ4v) is 2.15. The maximum absolute atomic E-state index is 11.6. The summed E-state index contributed by atoms with van der Waals surface area (Å²) in [7, 11) is 1.52. The van der Waals surface area contributed by atoms with E-state index < -0.39 is 6.03 Å². The molecule has 2 fully saturated rings.